The van der Waals surface area contributed by atoms with Crippen LogP contribution in [0.3, 0.4) is 0 Å². The molecule has 0 spiro atoms. The second kappa shape index (κ2) is 7.46. The second-order valence-corrected chi connectivity index (χ2v) is 4.74. The zero-order valence-electron chi connectivity index (χ0n) is 11.9. The van der Waals surface area contributed by atoms with Crippen LogP contribution in [0.1, 0.15) is 17.3 Å². The molecule has 0 bridgehead atoms. The van der Waals surface area contributed by atoms with Crippen LogP contribution in [0.25, 0.3) is 11.0 Å². The average Bonchev–Trinajstić information content (AvgIpc) is 2.98. The van der Waals surface area contributed by atoms with Crippen LogP contribution < -0.4 is 5.73 Å². The third-order valence-corrected chi connectivity index (χ3v) is 3.02. The van der Waals surface area contributed by atoms with E-state index in [-0.39, 0.29) is 5.97 Å². The zero-order valence-corrected chi connectivity index (χ0v) is 12.8. The first kappa shape index (κ1) is 15.8. The monoisotopic (exact) mass is 317 g/mol. The molecule has 0 amide bonds. The maximum absolute atomic E-state index is 11.1. The third kappa shape index (κ3) is 3.98. The van der Waals surface area contributed by atoms with Gasteiger partial charge in [0.05, 0.1) is 12.2 Å². The average molecular weight is 317 g/mol. The number of carbonyl (C=O) groups excluding carboxylic acids is 1. The van der Waals surface area contributed by atoms with E-state index in [1.807, 2.05) is 18.2 Å². The molecule has 0 unspecified atom stereocenters. The van der Waals surface area contributed by atoms with Gasteiger partial charge in [-0.15, -0.1) is 12.6 Å². The Morgan fingerprint density at radius 1 is 1.27 bits per heavy atom. The third-order valence-electron chi connectivity index (χ3n) is 2.66. The number of rotatable bonds is 2. The molecule has 0 atom stereocenters. The summed E-state index contributed by atoms with van der Waals surface area (Å²) in [4.78, 5) is 11.9. The molecule has 0 saturated carbocycles. The number of nitrogen functional groups attached to an aromatic ring is 1. The van der Waals surface area contributed by atoms with Gasteiger partial charge in [-0.25, -0.2) is 9.42 Å². The lowest BCUT2D eigenvalue weighted by atomic mass is 10.2. The van der Waals surface area contributed by atoms with E-state index < -0.39 is 0 Å². The number of nitrogens with zero attached hydrogens (tertiary/aromatic N) is 2. The lowest BCUT2D eigenvalue weighted by Gasteiger charge is -2.01. The molecule has 2 aromatic carbocycles. The van der Waals surface area contributed by atoms with Gasteiger partial charge in [0.1, 0.15) is 11.0 Å². The van der Waals surface area contributed by atoms with Crippen molar-refractivity contribution in [1.82, 2.24) is 10.3 Å². The Morgan fingerprint density at radius 2 is 2.05 bits per heavy atom. The molecule has 1 heterocycles. The number of thiol groups is 1. The first-order valence-corrected chi connectivity index (χ1v) is 6.99. The largest absolute Gasteiger partial charge is 0.462 e. The van der Waals surface area contributed by atoms with Gasteiger partial charge in [-0.2, -0.15) is 0 Å². The van der Waals surface area contributed by atoms with E-state index >= 15 is 0 Å². The van der Waals surface area contributed by atoms with Crippen molar-refractivity contribution in [2.75, 3.05) is 12.3 Å². The van der Waals surface area contributed by atoms with Gasteiger partial charge >= 0.3 is 5.97 Å². The molecule has 114 valence electrons. The molecule has 0 fully saturated rings. The number of aromatic nitrogens is 2. The van der Waals surface area contributed by atoms with Crippen LogP contribution in [0.2, 0.25) is 0 Å². The predicted molar refractivity (Wildman–Crippen MR) is 85.9 cm³/mol. The topological polar surface area (TPSA) is 91.2 Å². The molecule has 0 radical (unpaired) electrons. The fraction of sp³-hybridized carbons (Fsp3) is 0.133. The first-order valence-electron chi connectivity index (χ1n) is 6.54. The van der Waals surface area contributed by atoms with Gasteiger partial charge in [0, 0.05) is 10.6 Å². The molecule has 2 N–H and O–H groups in total. The number of esters is 1. The molecule has 0 aliphatic rings. The van der Waals surface area contributed by atoms with Crippen LogP contribution in [-0.2, 0) is 4.74 Å². The molecule has 22 heavy (non-hydrogen) atoms. The summed E-state index contributed by atoms with van der Waals surface area (Å²) in [7, 11) is 0. The summed E-state index contributed by atoms with van der Waals surface area (Å²) in [5.74, 6) is -0.329. The summed E-state index contributed by atoms with van der Waals surface area (Å²) in [6.07, 6.45) is 0. The van der Waals surface area contributed by atoms with Crippen LogP contribution in [-0.4, -0.2) is 22.9 Å². The van der Waals surface area contributed by atoms with Crippen LogP contribution in [0.5, 0.6) is 0 Å². The SMILES string of the molecule is CCOC(=O)c1cccc(N)c1.Sc1cccc2nonc12. The van der Waals surface area contributed by atoms with Crippen molar-refractivity contribution in [2.45, 2.75) is 11.8 Å². The summed E-state index contributed by atoms with van der Waals surface area (Å²) in [5.41, 5.74) is 8.01. The number of nitrogens with two attached hydrogens (primary N) is 1. The van der Waals surface area contributed by atoms with Gasteiger partial charge < -0.3 is 10.5 Å². The quantitative estimate of drug-likeness (QED) is 0.429. The number of fused-ring (bicyclic) bond motifs is 1. The summed E-state index contributed by atoms with van der Waals surface area (Å²) in [5, 5.41) is 7.30. The van der Waals surface area contributed by atoms with Crippen LogP contribution >= 0.6 is 12.6 Å². The smallest absolute Gasteiger partial charge is 0.338 e. The van der Waals surface area contributed by atoms with Crippen molar-refractivity contribution < 1.29 is 14.2 Å². The minimum Gasteiger partial charge on any atom is -0.462 e. The Bertz CT molecular complexity index is 773. The highest BCUT2D eigenvalue weighted by Crippen LogP contribution is 2.16. The van der Waals surface area contributed by atoms with E-state index in [9.17, 15) is 4.79 Å². The summed E-state index contributed by atoms with van der Waals surface area (Å²) < 4.78 is 9.29. The lowest BCUT2D eigenvalue weighted by Crippen LogP contribution is -2.04. The number of benzene rings is 2. The normalized spacial score (nSPS) is 9.91. The molecule has 6 nitrogen and oxygen atoms in total. The Morgan fingerprint density at radius 3 is 2.73 bits per heavy atom. The van der Waals surface area contributed by atoms with Crippen molar-refractivity contribution in [3.8, 4) is 0 Å². The second-order valence-electron chi connectivity index (χ2n) is 4.26. The van der Waals surface area contributed by atoms with Gasteiger partial charge in [0.25, 0.3) is 0 Å². The van der Waals surface area contributed by atoms with E-state index in [0.29, 0.717) is 23.4 Å². The number of carbonyl (C=O) groups is 1. The molecule has 0 aliphatic carbocycles. The molecular formula is C15H15N3O3S. The summed E-state index contributed by atoms with van der Waals surface area (Å²) in [6.45, 7) is 2.15. The van der Waals surface area contributed by atoms with Gasteiger partial charge in [-0.3, -0.25) is 0 Å². The molecule has 1 aromatic heterocycles. The fourth-order valence-corrected chi connectivity index (χ4v) is 1.91. The van der Waals surface area contributed by atoms with E-state index in [1.54, 1.807) is 31.2 Å². The van der Waals surface area contributed by atoms with E-state index in [1.165, 1.54) is 0 Å². The van der Waals surface area contributed by atoms with Crippen molar-refractivity contribution in [2.24, 2.45) is 0 Å². The number of ether oxygens (including phenoxy) is 1. The van der Waals surface area contributed by atoms with Gasteiger partial charge in [0.2, 0.25) is 0 Å². The van der Waals surface area contributed by atoms with Crippen LogP contribution in [0, 0.1) is 0 Å². The minimum atomic E-state index is -0.329. The standard InChI is InChI=1S/C9H11NO2.C6H4N2OS/c1-2-12-9(11)7-4-3-5-8(10)6-7;10-5-3-1-2-4-6(5)8-9-7-4/h3-6H,2,10H2,1H3;1-3,10H. The predicted octanol–water partition coefficient (Wildman–Crippen LogP) is 2.96. The van der Waals surface area contributed by atoms with Crippen molar-refractivity contribution in [3.63, 3.8) is 0 Å². The van der Waals surface area contributed by atoms with Crippen molar-refractivity contribution in [3.05, 3.63) is 48.0 Å². The Kier molecular flexibility index (Phi) is 5.37. The van der Waals surface area contributed by atoms with Crippen LogP contribution in [0.15, 0.2) is 52.0 Å². The Balaban J connectivity index is 0.000000162. The van der Waals surface area contributed by atoms with E-state index in [4.69, 9.17) is 10.5 Å². The van der Waals surface area contributed by atoms with Gasteiger partial charge in [-0.05, 0) is 47.6 Å². The number of anilines is 1. The maximum atomic E-state index is 11.1. The highest BCUT2D eigenvalue weighted by Gasteiger charge is 2.04. The van der Waals surface area contributed by atoms with Crippen molar-refractivity contribution >= 4 is 35.3 Å². The number of hydrogen-bond acceptors (Lipinski definition) is 7. The van der Waals surface area contributed by atoms with Crippen LogP contribution in [0.4, 0.5) is 5.69 Å². The highest BCUT2D eigenvalue weighted by molar-refractivity contribution is 7.80. The molecule has 0 saturated heterocycles. The molecular weight excluding hydrogens is 302 g/mol. The molecule has 3 rings (SSSR count). The highest BCUT2D eigenvalue weighted by atomic mass is 32.1. The first-order chi connectivity index (χ1) is 10.6. The van der Waals surface area contributed by atoms with Gasteiger partial charge in [0.15, 0.2) is 0 Å². The van der Waals surface area contributed by atoms with Gasteiger partial charge in [-0.1, -0.05) is 12.1 Å². The fourth-order valence-electron chi connectivity index (χ4n) is 1.67. The van der Waals surface area contributed by atoms with Crippen molar-refractivity contribution in [1.29, 1.82) is 0 Å². The molecule has 0 aliphatic heterocycles. The maximum Gasteiger partial charge on any atom is 0.338 e. The zero-order chi connectivity index (χ0) is 15.9. The van der Waals surface area contributed by atoms with E-state index in [0.717, 1.165) is 10.4 Å². The van der Waals surface area contributed by atoms with E-state index in [2.05, 4.69) is 27.6 Å². The lowest BCUT2D eigenvalue weighted by molar-refractivity contribution is 0.0526. The molecule has 3 aromatic rings. The Hall–Kier alpha value is -2.54. The summed E-state index contributed by atoms with van der Waals surface area (Å²) in [6, 6.07) is 12.2. The summed E-state index contributed by atoms with van der Waals surface area (Å²) >= 11 is 4.15. The Labute approximate surface area is 132 Å². The molecule has 7 heteroatoms. The number of hydrogen-bond donors (Lipinski definition) is 2. The minimum absolute atomic E-state index is 0.329.